The molecule has 0 radical (unpaired) electrons. The molecule has 0 bridgehead atoms. The molecule has 19 nitrogen and oxygen atoms in total. The molecule has 12 N–H and O–H groups in total. The summed E-state index contributed by atoms with van der Waals surface area (Å²) in [6.45, 7) is 1.83. The van der Waals surface area contributed by atoms with E-state index in [1.807, 2.05) is 0 Å². The molecule has 3 aliphatic heterocycles. The van der Waals surface area contributed by atoms with Crippen molar-refractivity contribution < 1.29 is 89.4 Å². The lowest BCUT2D eigenvalue weighted by molar-refractivity contribution is -0.379. The molecule has 564 valence electrons. The van der Waals surface area contributed by atoms with E-state index in [2.05, 4.69) is 55.6 Å². The minimum absolute atomic E-state index is 0.238. The van der Waals surface area contributed by atoms with Crippen molar-refractivity contribution in [2.45, 2.75) is 420 Å². The summed E-state index contributed by atoms with van der Waals surface area (Å²) in [4.78, 5) is 13.5. The number of aliphatic hydroxyl groups excluding tert-OH is 11. The van der Waals surface area contributed by atoms with Gasteiger partial charge in [0.1, 0.15) is 73.2 Å². The van der Waals surface area contributed by atoms with Gasteiger partial charge in [0.05, 0.1) is 38.6 Å². The van der Waals surface area contributed by atoms with Crippen molar-refractivity contribution >= 4 is 5.91 Å². The lowest BCUT2D eigenvalue weighted by Gasteiger charge is -2.48. The Balaban J connectivity index is 1.37. The number of rotatable bonds is 62. The number of hydrogen-bond acceptors (Lipinski definition) is 18. The first-order valence-electron chi connectivity index (χ1n) is 39.2. The number of carbonyl (C=O) groups excluding carboxylic acids is 1. The molecule has 17 atom stereocenters. The van der Waals surface area contributed by atoms with Gasteiger partial charge in [-0.3, -0.25) is 4.79 Å². The summed E-state index contributed by atoms with van der Waals surface area (Å²) in [5.74, 6) is -0.238. The molecular weight excluding hydrogens is 1230 g/mol. The van der Waals surface area contributed by atoms with Gasteiger partial charge in [-0.2, -0.15) is 0 Å². The van der Waals surface area contributed by atoms with Crippen molar-refractivity contribution in [3.05, 3.63) is 36.5 Å². The zero-order valence-electron chi connectivity index (χ0n) is 60.1. The molecule has 0 aliphatic carbocycles. The van der Waals surface area contributed by atoms with Crippen LogP contribution in [0.2, 0.25) is 0 Å². The number of nitrogens with one attached hydrogen (secondary N) is 1. The molecule has 3 saturated heterocycles. The molecule has 0 aromatic carbocycles. The molecule has 3 heterocycles. The van der Waals surface area contributed by atoms with E-state index in [0.29, 0.717) is 12.8 Å². The fraction of sp³-hybridized carbons (Fsp3) is 0.909. The fourth-order valence-electron chi connectivity index (χ4n) is 13.4. The molecule has 1 amide bonds. The van der Waals surface area contributed by atoms with E-state index in [1.165, 1.54) is 225 Å². The summed E-state index contributed by atoms with van der Waals surface area (Å²) >= 11 is 0. The Morgan fingerprint density at radius 1 is 0.375 bits per heavy atom. The quantitative estimate of drug-likeness (QED) is 0.0199. The van der Waals surface area contributed by atoms with Crippen LogP contribution in [0, 0.1) is 0 Å². The van der Waals surface area contributed by atoms with Gasteiger partial charge in [0.15, 0.2) is 18.9 Å². The van der Waals surface area contributed by atoms with Crippen LogP contribution in [0.1, 0.15) is 316 Å². The number of ether oxygens (including phenoxy) is 6. The monoisotopic (exact) mass is 1370 g/mol. The molecule has 0 spiro atoms. The SMILES string of the molecule is CCCCCCC/C=C\C/C=C\C/C=C\CCCCCCCCCCCCCCCCCCC(=O)NC(COC1OC(CO)C(OC2OC(CO)C(OC3OC(CO)C(O)C(O)C3O)C(O)C2O)C(O)C1O)C(O)CCCCCCCCCCCCCCCCCCCCCC. The third kappa shape index (κ3) is 38.9. The molecule has 3 aliphatic rings. The summed E-state index contributed by atoms with van der Waals surface area (Å²) < 4.78 is 34.5. The standard InChI is InChI=1S/C77H143NO18/c1-3-5-7-9-11-13-15-17-19-21-23-25-26-27-28-29-30-31-32-33-34-35-37-39-41-43-45-47-49-51-53-55-65(83)78-60(61(82)54-52-50-48-46-44-42-40-38-36-24-22-20-18-16-14-12-10-8-6-4-2)59-91-75-71(89)68(86)73(63(57-80)93-75)96-77-72(90)69(87)74(64(58-81)94-77)95-76-70(88)67(85)66(84)62(56-79)92-76/h15,17,21,23,26-27,60-64,66-77,79-82,84-90H,3-14,16,18-20,22,24-25,28-59H2,1-2H3,(H,78,83)/b17-15-,23-21-,27-26-. The van der Waals surface area contributed by atoms with E-state index >= 15 is 0 Å². The predicted molar refractivity (Wildman–Crippen MR) is 379 cm³/mol. The Morgan fingerprint density at radius 2 is 0.688 bits per heavy atom. The van der Waals surface area contributed by atoms with Crippen molar-refractivity contribution in [2.24, 2.45) is 0 Å². The second-order valence-corrected chi connectivity index (χ2v) is 28.2. The van der Waals surface area contributed by atoms with Crippen LogP contribution in [0.15, 0.2) is 36.5 Å². The van der Waals surface area contributed by atoms with Crippen LogP contribution in [0.5, 0.6) is 0 Å². The third-order valence-electron chi connectivity index (χ3n) is 19.7. The lowest BCUT2D eigenvalue weighted by atomic mass is 9.96. The first-order valence-corrected chi connectivity index (χ1v) is 39.2. The van der Waals surface area contributed by atoms with E-state index in [4.69, 9.17) is 28.4 Å². The first kappa shape index (κ1) is 88.2. The second-order valence-electron chi connectivity index (χ2n) is 28.2. The highest BCUT2D eigenvalue weighted by Crippen LogP contribution is 2.33. The van der Waals surface area contributed by atoms with Gasteiger partial charge in [-0.1, -0.05) is 294 Å². The second kappa shape index (κ2) is 58.5. The zero-order valence-corrected chi connectivity index (χ0v) is 60.1. The van der Waals surface area contributed by atoms with Gasteiger partial charge < -0.3 is 89.9 Å². The number of hydrogen-bond donors (Lipinski definition) is 12. The van der Waals surface area contributed by atoms with E-state index in [0.717, 1.165) is 57.8 Å². The normalized spacial score (nSPS) is 27.2. The molecule has 19 heteroatoms. The van der Waals surface area contributed by atoms with Crippen LogP contribution in [0.25, 0.3) is 0 Å². The molecule has 0 aromatic rings. The highest BCUT2D eigenvalue weighted by Gasteiger charge is 2.54. The van der Waals surface area contributed by atoms with Crippen molar-refractivity contribution in [1.29, 1.82) is 0 Å². The molecule has 0 aromatic heterocycles. The van der Waals surface area contributed by atoms with Gasteiger partial charge in [-0.15, -0.1) is 0 Å². The van der Waals surface area contributed by atoms with E-state index < -0.39 is 124 Å². The van der Waals surface area contributed by atoms with Crippen LogP contribution >= 0.6 is 0 Å². The van der Waals surface area contributed by atoms with Gasteiger partial charge in [-0.05, 0) is 51.4 Å². The van der Waals surface area contributed by atoms with Crippen LogP contribution in [-0.2, 0) is 33.2 Å². The smallest absolute Gasteiger partial charge is 0.220 e. The summed E-state index contributed by atoms with van der Waals surface area (Å²) in [5, 5.41) is 121. The number of allylic oxidation sites excluding steroid dienone is 6. The largest absolute Gasteiger partial charge is 0.394 e. The van der Waals surface area contributed by atoms with Crippen molar-refractivity contribution in [2.75, 3.05) is 26.4 Å². The molecule has 3 rings (SSSR count). The Bertz CT molecular complexity index is 1880. The van der Waals surface area contributed by atoms with Gasteiger partial charge in [-0.25, -0.2) is 0 Å². The van der Waals surface area contributed by atoms with E-state index in [-0.39, 0.29) is 18.9 Å². The predicted octanol–water partition coefficient (Wildman–Crippen LogP) is 12.3. The molecule has 0 saturated carbocycles. The number of carbonyl (C=O) groups is 1. The van der Waals surface area contributed by atoms with Crippen LogP contribution in [0.4, 0.5) is 0 Å². The third-order valence-corrected chi connectivity index (χ3v) is 19.7. The number of aliphatic hydroxyl groups is 11. The maximum absolute atomic E-state index is 13.5. The van der Waals surface area contributed by atoms with Crippen LogP contribution in [-0.4, -0.2) is 193 Å². The first-order chi connectivity index (χ1) is 46.8. The number of unbranched alkanes of at least 4 members (excludes halogenated alkanes) is 40. The van der Waals surface area contributed by atoms with Gasteiger partial charge in [0.2, 0.25) is 5.91 Å². The average molecular weight is 1370 g/mol. The van der Waals surface area contributed by atoms with Gasteiger partial charge in [0, 0.05) is 6.42 Å². The average Bonchev–Trinajstić information content (AvgIpc) is 0.786. The van der Waals surface area contributed by atoms with Crippen molar-refractivity contribution in [3.8, 4) is 0 Å². The van der Waals surface area contributed by atoms with Crippen molar-refractivity contribution in [1.82, 2.24) is 5.32 Å². The Morgan fingerprint density at radius 3 is 1.07 bits per heavy atom. The topological polar surface area (TPSA) is 307 Å². The van der Waals surface area contributed by atoms with E-state index in [1.54, 1.807) is 0 Å². The molecule has 17 unspecified atom stereocenters. The Hall–Kier alpha value is -1.99. The molecule has 96 heavy (non-hydrogen) atoms. The Labute approximate surface area is 581 Å². The maximum atomic E-state index is 13.5. The van der Waals surface area contributed by atoms with Crippen LogP contribution < -0.4 is 5.32 Å². The minimum atomic E-state index is -1.97. The summed E-state index contributed by atoms with van der Waals surface area (Å²) in [5.41, 5.74) is 0. The minimum Gasteiger partial charge on any atom is -0.394 e. The summed E-state index contributed by atoms with van der Waals surface area (Å²) in [7, 11) is 0. The molecular formula is C77H143NO18. The Kier molecular flexibility index (Phi) is 53.8. The highest BCUT2D eigenvalue weighted by atomic mass is 16.8. The summed E-state index contributed by atoms with van der Waals surface area (Å²) in [6, 6.07) is -0.888. The number of amides is 1. The van der Waals surface area contributed by atoms with E-state index in [9.17, 15) is 61.0 Å². The molecule has 3 fully saturated rings. The maximum Gasteiger partial charge on any atom is 0.220 e. The zero-order chi connectivity index (χ0) is 69.6. The summed E-state index contributed by atoms with van der Waals surface area (Å²) in [6.07, 6.45) is 43.7. The lowest BCUT2D eigenvalue weighted by Crippen LogP contribution is -2.66. The highest BCUT2D eigenvalue weighted by molar-refractivity contribution is 5.76. The van der Waals surface area contributed by atoms with Gasteiger partial charge >= 0.3 is 0 Å². The van der Waals surface area contributed by atoms with Crippen LogP contribution in [0.3, 0.4) is 0 Å². The van der Waals surface area contributed by atoms with Gasteiger partial charge in [0.25, 0.3) is 0 Å². The fourth-order valence-corrected chi connectivity index (χ4v) is 13.4. The van der Waals surface area contributed by atoms with Crippen molar-refractivity contribution in [3.63, 3.8) is 0 Å².